The van der Waals surface area contributed by atoms with E-state index in [-0.39, 0.29) is 5.91 Å². The maximum atomic E-state index is 14.4. The molecule has 0 fully saturated rings. The molecule has 2 aliphatic rings. The lowest BCUT2D eigenvalue weighted by Crippen LogP contribution is -2.57. The van der Waals surface area contributed by atoms with E-state index >= 15 is 0 Å². The topological polar surface area (TPSA) is 54.3 Å². The number of likely N-dealkylation sites (N-methyl/N-ethyl adjacent to an activating group) is 1. The van der Waals surface area contributed by atoms with Gasteiger partial charge < -0.3 is 10.2 Å². The van der Waals surface area contributed by atoms with Gasteiger partial charge in [-0.2, -0.15) is 0 Å². The predicted molar refractivity (Wildman–Crippen MR) is 144 cm³/mol. The molecule has 3 aromatic rings. The molecule has 0 aliphatic carbocycles. The van der Waals surface area contributed by atoms with Crippen LogP contribution in [0.1, 0.15) is 58.4 Å². The van der Waals surface area contributed by atoms with Gasteiger partial charge in [-0.05, 0) is 40.9 Å². The Bertz CT molecular complexity index is 1470. The molecule has 3 heterocycles. The number of fused-ring (bicyclic) bond motifs is 3. The smallest absolute Gasteiger partial charge is 0.315 e. The average Bonchev–Trinajstić information content (AvgIpc) is 3.28. The van der Waals surface area contributed by atoms with E-state index in [0.717, 1.165) is 5.39 Å². The van der Waals surface area contributed by atoms with Gasteiger partial charge in [-0.15, -0.1) is 5.54 Å². The third-order valence-corrected chi connectivity index (χ3v) is 14.6. The Kier molecular flexibility index (Phi) is 5.45. The molecule has 2 aliphatic heterocycles. The van der Waals surface area contributed by atoms with Crippen molar-refractivity contribution < 1.29 is 14.0 Å². The van der Waals surface area contributed by atoms with Crippen LogP contribution in [-0.2, 0) is 10.3 Å². The van der Waals surface area contributed by atoms with Crippen LogP contribution in [0.15, 0.2) is 42.5 Å². The molecule has 7 heteroatoms. The van der Waals surface area contributed by atoms with Gasteiger partial charge in [0.25, 0.3) is 5.91 Å². The van der Waals surface area contributed by atoms with Gasteiger partial charge in [-0.1, -0.05) is 65.7 Å². The van der Waals surface area contributed by atoms with Crippen LogP contribution >= 0.6 is 0 Å². The Balaban J connectivity index is 1.78. The van der Waals surface area contributed by atoms with Gasteiger partial charge >= 0.3 is 6.03 Å². The van der Waals surface area contributed by atoms with Crippen molar-refractivity contribution in [1.82, 2.24) is 9.88 Å². The van der Waals surface area contributed by atoms with Gasteiger partial charge in [-0.25, -0.2) is 9.18 Å². The minimum absolute atomic E-state index is 0.310. The van der Waals surface area contributed by atoms with E-state index in [1.165, 1.54) is 17.0 Å². The molecular weight excluding hydrogens is 469 g/mol. The fourth-order valence-electron chi connectivity index (χ4n) is 6.71. The summed E-state index contributed by atoms with van der Waals surface area (Å²) < 4.78 is 16.0. The number of rotatable bonds is 3. The molecule has 36 heavy (non-hydrogen) atoms. The third kappa shape index (κ3) is 3.00. The number of hydrogen-bond acceptors (Lipinski definition) is 2. The SMILES string of the molecule is CC(C)[Si](C#Cc1cc2cccc3c2n1C(=O)NC31C(=O)N(C)c2ccc(F)cc21)(C(C)C)C(C)C. The first kappa shape index (κ1) is 24.3. The fourth-order valence-corrected chi connectivity index (χ4v) is 11.9. The van der Waals surface area contributed by atoms with Crippen LogP contribution in [-0.4, -0.2) is 31.6 Å². The fraction of sp³-hybridized carbons (Fsp3) is 0.379. The zero-order valence-corrected chi connectivity index (χ0v) is 22.9. The van der Waals surface area contributed by atoms with Crippen LogP contribution in [0.5, 0.6) is 0 Å². The summed E-state index contributed by atoms with van der Waals surface area (Å²) in [7, 11) is -0.376. The van der Waals surface area contributed by atoms with Crippen molar-refractivity contribution in [2.24, 2.45) is 0 Å². The highest BCUT2D eigenvalue weighted by atomic mass is 28.3. The zero-order chi connectivity index (χ0) is 26.2. The molecule has 0 bridgehead atoms. The second kappa shape index (κ2) is 8.07. The summed E-state index contributed by atoms with van der Waals surface area (Å²) in [6, 6.07) is 11.4. The number of halogens is 1. The monoisotopic (exact) mass is 501 g/mol. The van der Waals surface area contributed by atoms with Crippen LogP contribution in [0, 0.1) is 17.3 Å². The summed E-state index contributed by atoms with van der Waals surface area (Å²) in [4.78, 5) is 28.9. The number of nitrogens with one attached hydrogen (secondary N) is 1. The molecule has 1 aromatic heterocycles. The molecule has 186 valence electrons. The van der Waals surface area contributed by atoms with Crippen molar-refractivity contribution in [3.05, 3.63) is 65.1 Å². The Morgan fingerprint density at radius 2 is 1.61 bits per heavy atom. The van der Waals surface area contributed by atoms with Gasteiger partial charge in [0.1, 0.15) is 19.6 Å². The van der Waals surface area contributed by atoms with Crippen LogP contribution in [0.25, 0.3) is 10.9 Å². The number of nitrogens with zero attached hydrogens (tertiary/aromatic N) is 2. The molecule has 0 saturated carbocycles. The van der Waals surface area contributed by atoms with Crippen molar-refractivity contribution >= 4 is 36.6 Å². The number of anilines is 1. The molecule has 1 atom stereocenters. The van der Waals surface area contributed by atoms with Crippen LogP contribution < -0.4 is 10.2 Å². The predicted octanol–water partition coefficient (Wildman–Crippen LogP) is 6.14. The highest BCUT2D eigenvalue weighted by molar-refractivity contribution is 6.90. The maximum Gasteiger partial charge on any atom is 0.328 e. The lowest BCUT2D eigenvalue weighted by atomic mass is 9.82. The third-order valence-electron chi connectivity index (χ3n) is 8.35. The molecule has 5 nitrogen and oxygen atoms in total. The lowest BCUT2D eigenvalue weighted by Gasteiger charge is -2.38. The van der Waals surface area contributed by atoms with Crippen molar-refractivity contribution in [1.29, 1.82) is 0 Å². The minimum Gasteiger partial charge on any atom is -0.315 e. The summed E-state index contributed by atoms with van der Waals surface area (Å²) in [6.07, 6.45) is 0. The molecule has 0 saturated heterocycles. The maximum absolute atomic E-state index is 14.4. The normalized spacial score (nSPS) is 18.9. The summed E-state index contributed by atoms with van der Waals surface area (Å²) in [5.41, 5.74) is 6.54. The van der Waals surface area contributed by atoms with Crippen molar-refractivity contribution in [3.8, 4) is 11.5 Å². The van der Waals surface area contributed by atoms with E-state index in [9.17, 15) is 14.0 Å². The highest BCUT2D eigenvalue weighted by Gasteiger charge is 2.56. The Labute approximate surface area is 212 Å². The van der Waals surface area contributed by atoms with Crippen molar-refractivity contribution in [2.45, 2.75) is 63.7 Å². The van der Waals surface area contributed by atoms with Crippen LogP contribution in [0.4, 0.5) is 14.9 Å². The number of benzene rings is 2. The number of carbonyl (C=O) groups is 2. The Morgan fingerprint density at radius 3 is 2.25 bits per heavy atom. The largest absolute Gasteiger partial charge is 0.328 e. The Morgan fingerprint density at radius 1 is 0.944 bits per heavy atom. The summed E-state index contributed by atoms with van der Waals surface area (Å²) in [6.45, 7) is 13.5. The first-order chi connectivity index (χ1) is 17.0. The van der Waals surface area contributed by atoms with Crippen LogP contribution in [0.3, 0.4) is 0 Å². The van der Waals surface area contributed by atoms with E-state index in [4.69, 9.17) is 0 Å². The first-order valence-corrected chi connectivity index (χ1v) is 14.8. The number of aromatic nitrogens is 1. The molecule has 2 aromatic carbocycles. The summed E-state index contributed by atoms with van der Waals surface area (Å²) in [5.74, 6) is 2.65. The average molecular weight is 502 g/mol. The van der Waals surface area contributed by atoms with E-state index in [1.807, 2.05) is 24.3 Å². The van der Waals surface area contributed by atoms with Gasteiger partial charge in [0.2, 0.25) is 0 Å². The van der Waals surface area contributed by atoms with E-state index in [2.05, 4.69) is 58.3 Å². The molecule has 1 spiro atoms. The number of para-hydroxylation sites is 1. The summed E-state index contributed by atoms with van der Waals surface area (Å²) >= 11 is 0. The molecule has 2 amide bonds. The zero-order valence-electron chi connectivity index (χ0n) is 21.9. The highest BCUT2D eigenvalue weighted by Crippen LogP contribution is 2.48. The number of carbonyl (C=O) groups excluding carboxylic acids is 2. The number of amides is 2. The van der Waals surface area contributed by atoms with Crippen molar-refractivity contribution in [2.75, 3.05) is 11.9 Å². The summed E-state index contributed by atoms with van der Waals surface area (Å²) in [5, 5.41) is 3.80. The first-order valence-electron chi connectivity index (χ1n) is 12.6. The van der Waals surface area contributed by atoms with E-state index < -0.39 is 25.5 Å². The standard InChI is InChI=1S/C29H32FN3O2Si/c1-17(2)36(18(3)4,19(5)6)14-13-22-15-20-9-8-10-23-26(20)33(22)28(35)31-29(23)24-16-21(30)11-12-25(24)32(7)27(29)34/h8-12,15-19H,1-7H3,(H,31,35). The van der Waals surface area contributed by atoms with Gasteiger partial charge in [0, 0.05) is 23.6 Å². The molecule has 5 rings (SSSR count). The number of hydrogen-bond donors (Lipinski definition) is 1. The van der Waals surface area contributed by atoms with E-state index in [1.54, 1.807) is 17.7 Å². The second-order valence-corrected chi connectivity index (χ2v) is 16.5. The lowest BCUT2D eigenvalue weighted by molar-refractivity contribution is -0.122. The van der Waals surface area contributed by atoms with Gasteiger partial charge in [0.05, 0.1) is 11.2 Å². The molecule has 1 unspecified atom stereocenters. The second-order valence-electron chi connectivity index (χ2n) is 11.0. The van der Waals surface area contributed by atoms with Crippen molar-refractivity contribution in [3.63, 3.8) is 0 Å². The molecule has 0 radical (unpaired) electrons. The molecular formula is C29H32FN3O2Si. The minimum atomic E-state index is -2.03. The van der Waals surface area contributed by atoms with Crippen LogP contribution in [0.2, 0.25) is 16.6 Å². The molecule has 1 N–H and O–H groups in total. The van der Waals surface area contributed by atoms with E-state index in [0.29, 0.717) is 44.6 Å². The quantitative estimate of drug-likeness (QED) is 0.346. The van der Waals surface area contributed by atoms with Gasteiger partial charge in [-0.3, -0.25) is 9.36 Å². The Hall–Kier alpha value is -3.37. The van der Waals surface area contributed by atoms with Gasteiger partial charge in [0.15, 0.2) is 5.54 Å².